The largest absolute Gasteiger partial charge is 0.493 e. The first kappa shape index (κ1) is 24.5. The summed E-state index contributed by atoms with van der Waals surface area (Å²) in [6.45, 7) is 2.67. The van der Waals surface area contributed by atoms with E-state index in [2.05, 4.69) is 25.3 Å². The van der Waals surface area contributed by atoms with E-state index in [1.807, 2.05) is 53.2 Å². The lowest BCUT2D eigenvalue weighted by Crippen LogP contribution is -2.40. The summed E-state index contributed by atoms with van der Waals surface area (Å²) in [5.74, 6) is 2.41. The summed E-state index contributed by atoms with van der Waals surface area (Å²) in [6, 6.07) is 13.6. The average Bonchev–Trinajstić information content (AvgIpc) is 3.65. The molecule has 0 bridgehead atoms. The lowest BCUT2D eigenvalue weighted by molar-refractivity contribution is -0.126. The zero-order valence-electron chi connectivity index (χ0n) is 21.0. The van der Waals surface area contributed by atoms with Gasteiger partial charge in [0.2, 0.25) is 17.6 Å². The highest BCUT2D eigenvalue weighted by molar-refractivity contribution is 5.78. The summed E-state index contributed by atoms with van der Waals surface area (Å²) in [7, 11) is 3.19. The third-order valence-electron chi connectivity index (χ3n) is 6.63. The van der Waals surface area contributed by atoms with Crippen LogP contribution in [-0.2, 0) is 17.9 Å². The van der Waals surface area contributed by atoms with E-state index in [4.69, 9.17) is 14.0 Å². The fourth-order valence-electron chi connectivity index (χ4n) is 4.49. The molecule has 0 aliphatic carbocycles. The fourth-order valence-corrected chi connectivity index (χ4v) is 4.49. The molecule has 0 spiro atoms. The number of hydrogen-bond acceptors (Lipinski definition) is 8. The summed E-state index contributed by atoms with van der Waals surface area (Å²) in [5, 5.41) is 7.21. The highest BCUT2D eigenvalue weighted by Gasteiger charge is 2.26. The number of carbonyl (C=O) groups excluding carboxylic acids is 1. The Morgan fingerprint density at radius 3 is 2.57 bits per heavy atom. The van der Waals surface area contributed by atoms with Crippen molar-refractivity contribution in [1.29, 1.82) is 0 Å². The Morgan fingerprint density at radius 2 is 1.86 bits per heavy atom. The number of benzene rings is 2. The number of methoxy groups -OCH3 is 2. The molecular weight excluding hydrogens is 472 g/mol. The number of likely N-dealkylation sites (tertiary alicyclic amines) is 1. The second kappa shape index (κ2) is 11.3. The maximum Gasteiger partial charge on any atom is 0.241 e. The zero-order valence-corrected chi connectivity index (χ0v) is 21.0. The van der Waals surface area contributed by atoms with Crippen molar-refractivity contribution in [2.45, 2.75) is 25.9 Å². The Labute approximate surface area is 215 Å². The fraction of sp³-hybridized carbons (Fsp3) is 0.333. The molecule has 1 N–H and O–H groups in total. The van der Waals surface area contributed by atoms with Gasteiger partial charge in [0.05, 0.1) is 27.1 Å². The van der Waals surface area contributed by atoms with E-state index in [-0.39, 0.29) is 11.8 Å². The molecule has 0 radical (unpaired) electrons. The monoisotopic (exact) mass is 502 g/mol. The standard InChI is InChI=1S/C27H30N6O4/c1-35-23-8-5-21(15-24(23)36-2)26-30-25(37-31-26)17-32-12-9-20(10-13-32)27(34)29-16-19-3-6-22(7-4-19)33-14-11-28-18-33/h3-8,11,14-15,18,20H,9-10,12-13,16-17H2,1-2H3,(H,29,34). The zero-order chi connectivity index (χ0) is 25.6. The summed E-state index contributed by atoms with van der Waals surface area (Å²) in [5.41, 5.74) is 2.90. The molecule has 1 aliphatic heterocycles. The molecule has 1 amide bonds. The van der Waals surface area contributed by atoms with Crippen molar-refractivity contribution in [3.05, 3.63) is 72.6 Å². The summed E-state index contributed by atoms with van der Waals surface area (Å²) >= 11 is 0. The Kier molecular flexibility index (Phi) is 7.46. The van der Waals surface area contributed by atoms with Crippen molar-refractivity contribution in [3.8, 4) is 28.6 Å². The highest BCUT2D eigenvalue weighted by atomic mass is 16.5. The van der Waals surface area contributed by atoms with Crippen LogP contribution in [-0.4, -0.2) is 57.8 Å². The minimum Gasteiger partial charge on any atom is -0.493 e. The van der Waals surface area contributed by atoms with Gasteiger partial charge in [0.25, 0.3) is 0 Å². The van der Waals surface area contributed by atoms with E-state index < -0.39 is 0 Å². The van der Waals surface area contributed by atoms with Gasteiger partial charge in [-0.25, -0.2) is 4.98 Å². The quantitative estimate of drug-likeness (QED) is 0.371. The van der Waals surface area contributed by atoms with Crippen molar-refractivity contribution in [1.82, 2.24) is 29.9 Å². The number of hydrogen-bond donors (Lipinski definition) is 1. The smallest absolute Gasteiger partial charge is 0.241 e. The van der Waals surface area contributed by atoms with Crippen LogP contribution < -0.4 is 14.8 Å². The first-order chi connectivity index (χ1) is 18.1. The molecule has 0 saturated carbocycles. The lowest BCUT2D eigenvalue weighted by atomic mass is 9.96. The van der Waals surface area contributed by atoms with Gasteiger partial charge in [-0.05, 0) is 61.8 Å². The summed E-state index contributed by atoms with van der Waals surface area (Å²) in [4.78, 5) is 23.6. The van der Waals surface area contributed by atoms with E-state index in [1.54, 1.807) is 26.7 Å². The number of imidazole rings is 1. The maximum absolute atomic E-state index is 12.7. The van der Waals surface area contributed by atoms with Crippen LogP contribution in [0.15, 0.2) is 65.7 Å². The third-order valence-corrected chi connectivity index (χ3v) is 6.63. The van der Waals surface area contributed by atoms with E-state index in [1.165, 1.54) is 0 Å². The molecule has 10 nitrogen and oxygen atoms in total. The molecule has 37 heavy (non-hydrogen) atoms. The Balaban J connectivity index is 1.09. The summed E-state index contributed by atoms with van der Waals surface area (Å²) in [6.07, 6.45) is 7.00. The predicted molar refractivity (Wildman–Crippen MR) is 136 cm³/mol. The van der Waals surface area contributed by atoms with Crippen molar-refractivity contribution < 1.29 is 18.8 Å². The van der Waals surface area contributed by atoms with Crippen molar-refractivity contribution >= 4 is 5.91 Å². The van der Waals surface area contributed by atoms with Gasteiger partial charge in [0.15, 0.2) is 11.5 Å². The lowest BCUT2D eigenvalue weighted by Gasteiger charge is -2.30. The predicted octanol–water partition coefficient (Wildman–Crippen LogP) is 3.47. The van der Waals surface area contributed by atoms with E-state index in [0.29, 0.717) is 36.3 Å². The van der Waals surface area contributed by atoms with Gasteiger partial charge < -0.3 is 23.9 Å². The third kappa shape index (κ3) is 5.80. The number of nitrogens with one attached hydrogen (secondary N) is 1. The SMILES string of the molecule is COc1ccc(-c2noc(CN3CCC(C(=O)NCc4ccc(-n5ccnc5)cc4)CC3)n2)cc1OC. The normalized spacial score (nSPS) is 14.4. The van der Waals surface area contributed by atoms with Gasteiger partial charge in [0.1, 0.15) is 0 Å². The van der Waals surface area contributed by atoms with Gasteiger partial charge in [0, 0.05) is 36.1 Å². The minimum atomic E-state index is 0.00600. The summed E-state index contributed by atoms with van der Waals surface area (Å²) < 4.78 is 18.1. The number of piperidine rings is 1. The number of nitrogens with zero attached hydrogens (tertiary/aromatic N) is 5. The van der Waals surface area contributed by atoms with Gasteiger partial charge >= 0.3 is 0 Å². The molecule has 192 valence electrons. The Morgan fingerprint density at radius 1 is 1.08 bits per heavy atom. The van der Waals surface area contributed by atoms with Crippen LogP contribution in [0.3, 0.4) is 0 Å². The molecule has 0 unspecified atom stereocenters. The molecule has 10 heteroatoms. The molecule has 0 atom stereocenters. The first-order valence-corrected chi connectivity index (χ1v) is 12.3. The molecule has 5 rings (SSSR count). The number of ether oxygens (including phenoxy) is 2. The molecular formula is C27H30N6O4. The average molecular weight is 503 g/mol. The number of amides is 1. The van der Waals surface area contributed by atoms with Crippen molar-refractivity contribution in [2.24, 2.45) is 5.92 Å². The first-order valence-electron chi connectivity index (χ1n) is 12.3. The molecule has 1 saturated heterocycles. The van der Waals surface area contributed by atoms with Crippen LogP contribution >= 0.6 is 0 Å². The minimum absolute atomic E-state index is 0.00600. The van der Waals surface area contributed by atoms with Crippen LogP contribution in [0.4, 0.5) is 0 Å². The molecule has 1 fully saturated rings. The molecule has 2 aromatic carbocycles. The molecule has 4 aromatic rings. The van der Waals surface area contributed by atoms with Crippen LogP contribution in [0.1, 0.15) is 24.3 Å². The Bertz CT molecular complexity index is 1310. The maximum atomic E-state index is 12.7. The van der Waals surface area contributed by atoms with Gasteiger partial charge in [-0.1, -0.05) is 17.3 Å². The molecule has 1 aliphatic rings. The Hall–Kier alpha value is -4.18. The molecule has 2 aromatic heterocycles. The molecule has 3 heterocycles. The van der Waals surface area contributed by atoms with Gasteiger partial charge in [-0.15, -0.1) is 0 Å². The van der Waals surface area contributed by atoms with E-state index >= 15 is 0 Å². The van der Waals surface area contributed by atoms with Crippen LogP contribution in [0.25, 0.3) is 17.1 Å². The van der Waals surface area contributed by atoms with Gasteiger partial charge in [-0.3, -0.25) is 9.69 Å². The van der Waals surface area contributed by atoms with E-state index in [0.717, 1.165) is 42.7 Å². The second-order valence-electron chi connectivity index (χ2n) is 8.99. The van der Waals surface area contributed by atoms with Crippen molar-refractivity contribution in [3.63, 3.8) is 0 Å². The van der Waals surface area contributed by atoms with E-state index in [9.17, 15) is 4.79 Å². The van der Waals surface area contributed by atoms with Crippen LogP contribution in [0.5, 0.6) is 11.5 Å². The number of aromatic nitrogens is 4. The van der Waals surface area contributed by atoms with Crippen LogP contribution in [0, 0.1) is 5.92 Å². The number of carbonyl (C=O) groups is 1. The van der Waals surface area contributed by atoms with Crippen molar-refractivity contribution in [2.75, 3.05) is 27.3 Å². The highest BCUT2D eigenvalue weighted by Crippen LogP contribution is 2.31. The number of rotatable bonds is 9. The van der Waals surface area contributed by atoms with Crippen LogP contribution in [0.2, 0.25) is 0 Å². The topological polar surface area (TPSA) is 108 Å². The van der Waals surface area contributed by atoms with Gasteiger partial charge in [-0.2, -0.15) is 4.98 Å². The second-order valence-corrected chi connectivity index (χ2v) is 8.99.